The van der Waals surface area contributed by atoms with Gasteiger partial charge in [-0.2, -0.15) is 0 Å². The molecule has 0 fully saturated rings. The van der Waals surface area contributed by atoms with Crippen LogP contribution in [-0.2, 0) is 0 Å². The number of anilines is 1. The normalized spacial score (nSPS) is 10.8. The lowest BCUT2D eigenvalue weighted by Gasteiger charge is -2.11. The second-order valence-electron chi connectivity index (χ2n) is 5.72. The number of ketones is 1. The van der Waals surface area contributed by atoms with Crippen LogP contribution in [0.15, 0.2) is 48.5 Å². The smallest absolute Gasteiger partial charge is 0.185 e. The molecule has 132 valence electrons. The van der Waals surface area contributed by atoms with Crippen LogP contribution < -0.4 is 15.2 Å². The predicted molar refractivity (Wildman–Crippen MR) is 102 cm³/mol. The molecular formula is C21H25NO3. The van der Waals surface area contributed by atoms with E-state index in [2.05, 4.69) is 13.8 Å². The van der Waals surface area contributed by atoms with E-state index in [1.165, 1.54) is 0 Å². The second kappa shape index (κ2) is 9.52. The van der Waals surface area contributed by atoms with E-state index in [0.29, 0.717) is 24.5 Å². The highest BCUT2D eigenvalue weighted by Crippen LogP contribution is 2.27. The number of hydrogen-bond donors (Lipinski definition) is 1. The molecule has 0 radical (unpaired) electrons. The van der Waals surface area contributed by atoms with Crippen LogP contribution in [0, 0.1) is 0 Å². The topological polar surface area (TPSA) is 61.5 Å². The van der Waals surface area contributed by atoms with Crippen LogP contribution in [0.3, 0.4) is 0 Å². The SMILES string of the molecule is CCCOc1ccc(/C=C/C(=O)c2ccc(N)cc2)c(OCCC)c1. The van der Waals surface area contributed by atoms with Crippen LogP contribution in [0.1, 0.15) is 42.6 Å². The first kappa shape index (κ1) is 18.6. The lowest BCUT2D eigenvalue weighted by atomic mass is 10.1. The van der Waals surface area contributed by atoms with Gasteiger partial charge >= 0.3 is 0 Å². The zero-order valence-corrected chi connectivity index (χ0v) is 14.8. The number of benzene rings is 2. The molecule has 0 aliphatic heterocycles. The van der Waals surface area contributed by atoms with Crippen LogP contribution in [0.25, 0.3) is 6.08 Å². The van der Waals surface area contributed by atoms with Crippen molar-refractivity contribution in [1.82, 2.24) is 0 Å². The summed E-state index contributed by atoms with van der Waals surface area (Å²) < 4.78 is 11.5. The average Bonchev–Trinajstić information content (AvgIpc) is 2.64. The molecule has 2 rings (SSSR count). The van der Waals surface area contributed by atoms with Crippen molar-refractivity contribution in [2.45, 2.75) is 26.7 Å². The molecule has 4 heteroatoms. The van der Waals surface area contributed by atoms with Crippen molar-refractivity contribution in [3.8, 4) is 11.5 Å². The minimum Gasteiger partial charge on any atom is -0.493 e. The van der Waals surface area contributed by atoms with E-state index in [9.17, 15) is 4.79 Å². The summed E-state index contributed by atoms with van der Waals surface area (Å²) in [6.07, 6.45) is 5.18. The Morgan fingerprint density at radius 2 is 1.68 bits per heavy atom. The van der Waals surface area contributed by atoms with Gasteiger partial charge in [-0.1, -0.05) is 13.8 Å². The largest absolute Gasteiger partial charge is 0.493 e. The average molecular weight is 339 g/mol. The Morgan fingerprint density at radius 3 is 2.36 bits per heavy atom. The number of allylic oxidation sites excluding steroid dienone is 1. The molecular weight excluding hydrogens is 314 g/mol. The standard InChI is InChI=1S/C21H25NO3/c1-3-13-24-19-11-7-17(21(15-19)25-14-4-2)8-12-20(23)16-5-9-18(22)10-6-16/h5-12,15H,3-4,13-14,22H2,1-2H3/b12-8+. The minimum atomic E-state index is -0.0762. The molecule has 0 atom stereocenters. The summed E-state index contributed by atoms with van der Waals surface area (Å²) in [6, 6.07) is 12.5. The van der Waals surface area contributed by atoms with Crippen LogP contribution in [0.4, 0.5) is 5.69 Å². The summed E-state index contributed by atoms with van der Waals surface area (Å²) >= 11 is 0. The maximum atomic E-state index is 12.3. The molecule has 0 saturated carbocycles. The zero-order chi connectivity index (χ0) is 18.1. The van der Waals surface area contributed by atoms with Crippen LogP contribution in [0.5, 0.6) is 11.5 Å². The maximum Gasteiger partial charge on any atom is 0.185 e. The van der Waals surface area contributed by atoms with Crippen molar-refractivity contribution in [1.29, 1.82) is 0 Å². The van der Waals surface area contributed by atoms with Gasteiger partial charge in [0.25, 0.3) is 0 Å². The van der Waals surface area contributed by atoms with E-state index < -0.39 is 0 Å². The molecule has 25 heavy (non-hydrogen) atoms. The Hall–Kier alpha value is -2.75. The molecule has 0 amide bonds. The fourth-order valence-corrected chi connectivity index (χ4v) is 2.21. The monoisotopic (exact) mass is 339 g/mol. The molecule has 2 aromatic carbocycles. The molecule has 0 aliphatic carbocycles. The van der Waals surface area contributed by atoms with Crippen LogP contribution >= 0.6 is 0 Å². The van der Waals surface area contributed by atoms with Gasteiger partial charge in [0, 0.05) is 22.9 Å². The van der Waals surface area contributed by atoms with E-state index in [-0.39, 0.29) is 5.78 Å². The molecule has 4 nitrogen and oxygen atoms in total. The van der Waals surface area contributed by atoms with Crippen LogP contribution in [0.2, 0.25) is 0 Å². The lowest BCUT2D eigenvalue weighted by Crippen LogP contribution is -2.00. The molecule has 0 bridgehead atoms. The van der Waals surface area contributed by atoms with Crippen molar-refractivity contribution in [2.75, 3.05) is 18.9 Å². The van der Waals surface area contributed by atoms with Gasteiger partial charge in [-0.05, 0) is 61.4 Å². The molecule has 2 aromatic rings. The third-order valence-corrected chi connectivity index (χ3v) is 3.53. The van der Waals surface area contributed by atoms with Gasteiger partial charge in [0.1, 0.15) is 11.5 Å². The number of nitrogens with two attached hydrogens (primary N) is 1. The minimum absolute atomic E-state index is 0.0762. The van der Waals surface area contributed by atoms with Gasteiger partial charge < -0.3 is 15.2 Å². The van der Waals surface area contributed by atoms with Crippen molar-refractivity contribution in [3.63, 3.8) is 0 Å². The first-order valence-corrected chi connectivity index (χ1v) is 8.61. The van der Waals surface area contributed by atoms with Gasteiger partial charge in [-0.3, -0.25) is 4.79 Å². The number of rotatable bonds is 9. The third-order valence-electron chi connectivity index (χ3n) is 3.53. The lowest BCUT2D eigenvalue weighted by molar-refractivity contribution is 0.104. The molecule has 0 aromatic heterocycles. The van der Waals surface area contributed by atoms with Gasteiger partial charge in [0.05, 0.1) is 13.2 Å². The Kier molecular flexibility index (Phi) is 7.08. The van der Waals surface area contributed by atoms with Gasteiger partial charge in [-0.25, -0.2) is 0 Å². The fraction of sp³-hybridized carbons (Fsp3) is 0.286. The highest BCUT2D eigenvalue weighted by molar-refractivity contribution is 6.07. The fourth-order valence-electron chi connectivity index (χ4n) is 2.21. The maximum absolute atomic E-state index is 12.3. The van der Waals surface area contributed by atoms with E-state index in [1.807, 2.05) is 18.2 Å². The quantitative estimate of drug-likeness (QED) is 0.407. The van der Waals surface area contributed by atoms with E-state index in [1.54, 1.807) is 36.4 Å². The van der Waals surface area contributed by atoms with Crippen LogP contribution in [-0.4, -0.2) is 19.0 Å². The predicted octanol–water partition coefficient (Wildman–Crippen LogP) is 4.74. The summed E-state index contributed by atoms with van der Waals surface area (Å²) in [5.74, 6) is 1.42. The highest BCUT2D eigenvalue weighted by atomic mass is 16.5. The molecule has 0 aliphatic rings. The van der Waals surface area contributed by atoms with Crippen molar-refractivity contribution in [3.05, 3.63) is 59.7 Å². The number of hydrogen-bond acceptors (Lipinski definition) is 4. The third kappa shape index (κ3) is 5.68. The molecule has 0 spiro atoms. The molecule has 0 unspecified atom stereocenters. The Bertz CT molecular complexity index is 720. The van der Waals surface area contributed by atoms with E-state index in [0.717, 1.165) is 29.9 Å². The summed E-state index contributed by atoms with van der Waals surface area (Å²) in [5, 5.41) is 0. The van der Waals surface area contributed by atoms with Gasteiger partial charge in [-0.15, -0.1) is 0 Å². The zero-order valence-electron chi connectivity index (χ0n) is 14.8. The summed E-state index contributed by atoms with van der Waals surface area (Å²) in [4.78, 5) is 12.3. The number of nitrogen functional groups attached to an aromatic ring is 1. The summed E-state index contributed by atoms with van der Waals surface area (Å²) in [7, 11) is 0. The number of carbonyl (C=O) groups is 1. The number of carbonyl (C=O) groups excluding carboxylic acids is 1. The Labute approximate surface area is 149 Å². The first-order valence-electron chi connectivity index (χ1n) is 8.61. The first-order chi connectivity index (χ1) is 12.1. The summed E-state index contributed by atoms with van der Waals surface area (Å²) in [5.41, 5.74) is 7.74. The van der Waals surface area contributed by atoms with Gasteiger partial charge in [0.2, 0.25) is 0 Å². The van der Waals surface area contributed by atoms with E-state index >= 15 is 0 Å². The Balaban J connectivity index is 2.18. The van der Waals surface area contributed by atoms with Crippen molar-refractivity contribution in [2.24, 2.45) is 0 Å². The van der Waals surface area contributed by atoms with Crippen molar-refractivity contribution >= 4 is 17.5 Å². The van der Waals surface area contributed by atoms with E-state index in [4.69, 9.17) is 15.2 Å². The molecule has 2 N–H and O–H groups in total. The molecule has 0 saturated heterocycles. The van der Waals surface area contributed by atoms with Gasteiger partial charge in [0.15, 0.2) is 5.78 Å². The second-order valence-corrected chi connectivity index (χ2v) is 5.72. The molecule has 0 heterocycles. The number of ether oxygens (including phenoxy) is 2. The highest BCUT2D eigenvalue weighted by Gasteiger charge is 2.06. The van der Waals surface area contributed by atoms with Crippen molar-refractivity contribution < 1.29 is 14.3 Å². The Morgan fingerprint density at radius 1 is 1.00 bits per heavy atom. The summed E-state index contributed by atoms with van der Waals surface area (Å²) in [6.45, 7) is 5.40.